The largest absolute Gasteiger partial charge is 0.296 e. The Morgan fingerprint density at radius 2 is 1.85 bits per heavy atom. The summed E-state index contributed by atoms with van der Waals surface area (Å²) in [5.41, 5.74) is 3.20. The predicted molar refractivity (Wildman–Crippen MR) is 84.3 cm³/mol. The van der Waals surface area contributed by atoms with Crippen molar-refractivity contribution in [1.82, 2.24) is 4.90 Å². The van der Waals surface area contributed by atoms with Gasteiger partial charge >= 0.3 is 0 Å². The van der Waals surface area contributed by atoms with Crippen LogP contribution in [0, 0.1) is 19.8 Å². The quantitative estimate of drug-likeness (QED) is 0.773. The van der Waals surface area contributed by atoms with Crippen LogP contribution in [0.2, 0.25) is 0 Å². The number of benzene rings is 1. The second-order valence-electron chi connectivity index (χ2n) is 6.57. The molecule has 110 valence electrons. The highest BCUT2D eigenvalue weighted by molar-refractivity contribution is 5.98. The number of rotatable bonds is 4. The van der Waals surface area contributed by atoms with E-state index in [1.165, 1.54) is 31.2 Å². The summed E-state index contributed by atoms with van der Waals surface area (Å²) in [4.78, 5) is 14.7. The lowest BCUT2D eigenvalue weighted by molar-refractivity contribution is 0.0888. The smallest absolute Gasteiger partial charge is 0.177 e. The minimum Gasteiger partial charge on any atom is -0.296 e. The summed E-state index contributed by atoms with van der Waals surface area (Å²) in [5.74, 6) is 1.11. The summed E-state index contributed by atoms with van der Waals surface area (Å²) in [6.45, 7) is 6.97. The molecular weight excluding hydrogens is 246 g/mol. The molecule has 1 aliphatic carbocycles. The molecule has 0 spiro atoms. The van der Waals surface area contributed by atoms with Crippen molar-refractivity contribution in [3.8, 4) is 0 Å². The number of nitrogens with zero attached hydrogens (tertiary/aromatic N) is 1. The van der Waals surface area contributed by atoms with Crippen LogP contribution < -0.4 is 0 Å². The number of likely N-dealkylation sites (N-methyl/N-ethyl adjacent to an activating group) is 1. The Hall–Kier alpha value is -1.15. The Morgan fingerprint density at radius 3 is 2.45 bits per heavy atom. The molecule has 0 bridgehead atoms. The van der Waals surface area contributed by atoms with E-state index in [0.29, 0.717) is 12.6 Å². The summed E-state index contributed by atoms with van der Waals surface area (Å²) < 4.78 is 0. The van der Waals surface area contributed by atoms with Crippen LogP contribution in [0.15, 0.2) is 18.2 Å². The van der Waals surface area contributed by atoms with Gasteiger partial charge in [-0.1, -0.05) is 30.7 Å². The van der Waals surface area contributed by atoms with Crippen molar-refractivity contribution in [2.24, 2.45) is 5.92 Å². The van der Waals surface area contributed by atoms with Crippen LogP contribution in [0.4, 0.5) is 0 Å². The van der Waals surface area contributed by atoms with Crippen molar-refractivity contribution in [2.75, 3.05) is 13.6 Å². The van der Waals surface area contributed by atoms with E-state index in [2.05, 4.69) is 31.9 Å². The maximum absolute atomic E-state index is 12.5. The van der Waals surface area contributed by atoms with Crippen molar-refractivity contribution < 1.29 is 4.79 Å². The van der Waals surface area contributed by atoms with Gasteiger partial charge in [0.1, 0.15) is 0 Å². The molecule has 2 nitrogen and oxygen atoms in total. The molecule has 2 heteroatoms. The summed E-state index contributed by atoms with van der Waals surface area (Å²) in [6.07, 6.45) is 5.06. The molecule has 0 unspecified atom stereocenters. The monoisotopic (exact) mass is 273 g/mol. The lowest BCUT2D eigenvalue weighted by atomic mass is 9.86. The van der Waals surface area contributed by atoms with Crippen molar-refractivity contribution in [3.63, 3.8) is 0 Å². The van der Waals surface area contributed by atoms with Gasteiger partial charge in [-0.25, -0.2) is 0 Å². The fraction of sp³-hybridized carbons (Fsp3) is 0.611. The van der Waals surface area contributed by atoms with Crippen LogP contribution in [-0.2, 0) is 0 Å². The van der Waals surface area contributed by atoms with E-state index >= 15 is 0 Å². The highest BCUT2D eigenvalue weighted by atomic mass is 16.1. The first kappa shape index (κ1) is 15.2. The number of aryl methyl sites for hydroxylation is 2. The lowest BCUT2D eigenvalue weighted by Crippen LogP contribution is -2.38. The Kier molecular flexibility index (Phi) is 4.98. The first-order chi connectivity index (χ1) is 9.47. The van der Waals surface area contributed by atoms with Gasteiger partial charge in [-0.05, 0) is 58.1 Å². The van der Waals surface area contributed by atoms with E-state index in [0.717, 1.165) is 17.0 Å². The Balaban J connectivity index is 1.97. The fourth-order valence-corrected chi connectivity index (χ4v) is 3.25. The van der Waals surface area contributed by atoms with Gasteiger partial charge in [0.05, 0.1) is 6.54 Å². The summed E-state index contributed by atoms with van der Waals surface area (Å²) in [5, 5.41) is 0. The number of hydrogen-bond donors (Lipinski definition) is 0. The van der Waals surface area contributed by atoms with Gasteiger partial charge in [0, 0.05) is 11.6 Å². The van der Waals surface area contributed by atoms with Crippen LogP contribution in [0.25, 0.3) is 0 Å². The molecule has 1 aromatic rings. The maximum Gasteiger partial charge on any atom is 0.177 e. The van der Waals surface area contributed by atoms with Gasteiger partial charge < -0.3 is 0 Å². The zero-order valence-corrected chi connectivity index (χ0v) is 13.3. The predicted octanol–water partition coefficient (Wildman–Crippen LogP) is 4.00. The molecule has 0 radical (unpaired) electrons. The molecule has 0 heterocycles. The van der Waals surface area contributed by atoms with Crippen molar-refractivity contribution in [2.45, 2.75) is 52.5 Å². The Labute approximate surface area is 123 Å². The van der Waals surface area contributed by atoms with Crippen molar-refractivity contribution >= 4 is 5.78 Å². The van der Waals surface area contributed by atoms with Crippen molar-refractivity contribution in [3.05, 3.63) is 34.9 Å². The Morgan fingerprint density at radius 1 is 1.20 bits per heavy atom. The van der Waals surface area contributed by atoms with E-state index in [-0.39, 0.29) is 5.78 Å². The third-order valence-electron chi connectivity index (χ3n) is 4.68. The number of hydrogen-bond acceptors (Lipinski definition) is 2. The van der Waals surface area contributed by atoms with Crippen LogP contribution >= 0.6 is 0 Å². The molecule has 1 aromatic carbocycles. The first-order valence-electron chi connectivity index (χ1n) is 7.78. The molecule has 0 saturated heterocycles. The van der Waals surface area contributed by atoms with E-state index in [1.54, 1.807) is 0 Å². The SMILES string of the molecule is Cc1ccc(C(=O)CN(C)C2CCC(C)CC2)c(C)c1. The maximum atomic E-state index is 12.5. The molecule has 0 aromatic heterocycles. The third kappa shape index (κ3) is 3.69. The number of carbonyl (C=O) groups is 1. The third-order valence-corrected chi connectivity index (χ3v) is 4.68. The molecule has 0 amide bonds. The Bertz CT molecular complexity index is 472. The molecular formula is C18H27NO. The molecule has 20 heavy (non-hydrogen) atoms. The van der Waals surface area contributed by atoms with Crippen LogP contribution in [0.5, 0.6) is 0 Å². The van der Waals surface area contributed by atoms with Crippen LogP contribution in [0.3, 0.4) is 0 Å². The fourth-order valence-electron chi connectivity index (χ4n) is 3.25. The van der Waals surface area contributed by atoms with E-state index < -0.39 is 0 Å². The summed E-state index contributed by atoms with van der Waals surface area (Å²) in [6, 6.07) is 6.68. The van der Waals surface area contributed by atoms with Crippen LogP contribution in [0.1, 0.15) is 54.1 Å². The first-order valence-corrected chi connectivity index (χ1v) is 7.78. The standard InChI is InChI=1S/C18H27NO/c1-13-5-8-16(9-6-13)19(4)12-18(20)17-10-7-14(2)11-15(17)3/h7,10-11,13,16H,5-6,8-9,12H2,1-4H3. The zero-order chi connectivity index (χ0) is 14.7. The topological polar surface area (TPSA) is 20.3 Å². The van der Waals surface area contributed by atoms with Crippen molar-refractivity contribution in [1.29, 1.82) is 0 Å². The summed E-state index contributed by atoms with van der Waals surface area (Å²) >= 11 is 0. The normalized spacial score (nSPS) is 23.1. The highest BCUT2D eigenvalue weighted by Gasteiger charge is 2.23. The molecule has 2 rings (SSSR count). The van der Waals surface area contributed by atoms with E-state index in [1.807, 2.05) is 19.1 Å². The van der Waals surface area contributed by atoms with Gasteiger partial charge in [-0.3, -0.25) is 9.69 Å². The number of carbonyl (C=O) groups excluding carboxylic acids is 1. The molecule has 1 fully saturated rings. The van der Waals surface area contributed by atoms with E-state index in [9.17, 15) is 4.79 Å². The van der Waals surface area contributed by atoms with Gasteiger partial charge in [0.2, 0.25) is 0 Å². The van der Waals surface area contributed by atoms with Gasteiger partial charge in [0.15, 0.2) is 5.78 Å². The average Bonchev–Trinajstić information content (AvgIpc) is 2.39. The highest BCUT2D eigenvalue weighted by Crippen LogP contribution is 2.26. The number of Topliss-reactive ketones (excluding diaryl/α,β-unsaturated/α-hetero) is 1. The molecule has 0 aliphatic heterocycles. The molecule has 1 aliphatic rings. The number of ketones is 1. The minimum atomic E-state index is 0.253. The summed E-state index contributed by atoms with van der Waals surface area (Å²) in [7, 11) is 2.10. The second kappa shape index (κ2) is 6.53. The second-order valence-corrected chi connectivity index (χ2v) is 6.57. The molecule has 1 saturated carbocycles. The van der Waals surface area contributed by atoms with E-state index in [4.69, 9.17) is 0 Å². The molecule has 0 N–H and O–H groups in total. The van der Waals surface area contributed by atoms with Gasteiger partial charge in [-0.15, -0.1) is 0 Å². The lowest BCUT2D eigenvalue weighted by Gasteiger charge is -2.33. The van der Waals surface area contributed by atoms with Gasteiger partial charge in [0.25, 0.3) is 0 Å². The minimum absolute atomic E-state index is 0.253. The zero-order valence-electron chi connectivity index (χ0n) is 13.3. The van der Waals surface area contributed by atoms with Crippen LogP contribution in [-0.4, -0.2) is 30.3 Å². The average molecular weight is 273 g/mol. The molecule has 0 atom stereocenters. The van der Waals surface area contributed by atoms with Gasteiger partial charge in [-0.2, -0.15) is 0 Å².